The quantitative estimate of drug-likeness (QED) is 0.299. The number of nitrogens with zero attached hydrogens (tertiary/aromatic N) is 2. The van der Waals surface area contributed by atoms with Gasteiger partial charge in [0.1, 0.15) is 12.4 Å². The summed E-state index contributed by atoms with van der Waals surface area (Å²) in [7, 11) is 0. The second kappa shape index (κ2) is 11.7. The number of aryl methyl sites for hydroxylation is 2. The van der Waals surface area contributed by atoms with E-state index in [-0.39, 0.29) is 5.56 Å². The molecule has 0 radical (unpaired) electrons. The van der Waals surface area contributed by atoms with Crippen molar-refractivity contribution in [3.8, 4) is 28.3 Å². The van der Waals surface area contributed by atoms with Crippen LogP contribution in [0.15, 0.2) is 78.1 Å². The van der Waals surface area contributed by atoms with Crippen LogP contribution < -0.4 is 10.3 Å². The van der Waals surface area contributed by atoms with E-state index >= 15 is 0 Å². The van der Waals surface area contributed by atoms with Crippen molar-refractivity contribution >= 4 is 6.08 Å². The standard InChI is InChI=1S/C26H23FN4O2.C2H6/c1-16-12-17(2)25(30-23(16)9-4-18(3)27)20-7-5-19(6-8-20)15-33-26-22(14-29-31-26)21-10-11-28-24(32)13-21;1-2/h4-14H,3,15H2,1-2H3,(H,28,32)(H,29,31);1-2H3/b9-4-;. The number of halogens is 1. The van der Waals surface area contributed by atoms with Gasteiger partial charge < -0.3 is 9.72 Å². The van der Waals surface area contributed by atoms with Gasteiger partial charge in [-0.15, -0.1) is 0 Å². The Balaban J connectivity index is 0.00000167. The molecule has 35 heavy (non-hydrogen) atoms. The van der Waals surface area contributed by atoms with Gasteiger partial charge in [-0.3, -0.25) is 4.79 Å². The van der Waals surface area contributed by atoms with Crippen molar-refractivity contribution < 1.29 is 9.13 Å². The van der Waals surface area contributed by atoms with Crippen molar-refractivity contribution in [2.24, 2.45) is 0 Å². The Morgan fingerprint density at radius 2 is 1.83 bits per heavy atom. The molecule has 180 valence electrons. The molecule has 2 N–H and O–H groups in total. The summed E-state index contributed by atoms with van der Waals surface area (Å²) in [6.07, 6.45) is 6.15. The van der Waals surface area contributed by atoms with E-state index in [0.717, 1.165) is 33.5 Å². The van der Waals surface area contributed by atoms with Gasteiger partial charge in [-0.1, -0.05) is 50.8 Å². The first-order valence-electron chi connectivity index (χ1n) is 11.4. The first-order valence-corrected chi connectivity index (χ1v) is 11.4. The zero-order chi connectivity index (χ0) is 25.4. The zero-order valence-electron chi connectivity index (χ0n) is 20.4. The van der Waals surface area contributed by atoms with Crippen LogP contribution in [-0.4, -0.2) is 20.2 Å². The van der Waals surface area contributed by atoms with Crippen LogP contribution in [0.5, 0.6) is 5.88 Å². The van der Waals surface area contributed by atoms with Gasteiger partial charge in [-0.25, -0.2) is 14.5 Å². The number of aromatic nitrogens is 4. The average Bonchev–Trinajstić information content (AvgIpc) is 3.33. The number of hydrogen-bond acceptors (Lipinski definition) is 4. The Kier molecular flexibility index (Phi) is 8.51. The monoisotopic (exact) mass is 472 g/mol. The van der Waals surface area contributed by atoms with Gasteiger partial charge in [0.25, 0.3) is 0 Å². The lowest BCUT2D eigenvalue weighted by molar-refractivity contribution is 0.294. The molecule has 6 nitrogen and oxygen atoms in total. The van der Waals surface area contributed by atoms with Gasteiger partial charge in [-0.05, 0) is 54.3 Å². The number of aromatic amines is 2. The Morgan fingerprint density at radius 1 is 1.09 bits per heavy atom. The summed E-state index contributed by atoms with van der Waals surface area (Å²) >= 11 is 0. The second-order valence-corrected chi connectivity index (χ2v) is 7.68. The molecular weight excluding hydrogens is 443 g/mol. The zero-order valence-corrected chi connectivity index (χ0v) is 20.4. The van der Waals surface area contributed by atoms with E-state index in [4.69, 9.17) is 9.72 Å². The maximum Gasteiger partial charge on any atom is 0.248 e. The molecule has 0 unspecified atom stereocenters. The molecule has 0 aliphatic carbocycles. The van der Waals surface area contributed by atoms with Crippen LogP contribution in [-0.2, 0) is 6.61 Å². The smallest absolute Gasteiger partial charge is 0.248 e. The fourth-order valence-electron chi connectivity index (χ4n) is 3.51. The van der Waals surface area contributed by atoms with Gasteiger partial charge >= 0.3 is 0 Å². The lowest BCUT2D eigenvalue weighted by Gasteiger charge is -2.11. The van der Waals surface area contributed by atoms with Gasteiger partial charge in [0.2, 0.25) is 11.4 Å². The molecule has 4 aromatic rings. The fourth-order valence-corrected chi connectivity index (χ4v) is 3.51. The first-order chi connectivity index (χ1) is 16.9. The minimum atomic E-state index is -0.512. The van der Waals surface area contributed by atoms with Gasteiger partial charge in [-0.2, -0.15) is 5.10 Å². The number of pyridine rings is 2. The van der Waals surface area contributed by atoms with Crippen LogP contribution in [0.4, 0.5) is 4.39 Å². The summed E-state index contributed by atoms with van der Waals surface area (Å²) < 4.78 is 19.0. The van der Waals surface area contributed by atoms with Crippen molar-refractivity contribution in [1.29, 1.82) is 0 Å². The summed E-state index contributed by atoms with van der Waals surface area (Å²) in [5.41, 5.74) is 6.70. The molecule has 4 rings (SSSR count). The third-order valence-electron chi connectivity index (χ3n) is 5.17. The maximum absolute atomic E-state index is 13.0. The minimum Gasteiger partial charge on any atom is -0.473 e. The molecule has 3 aromatic heterocycles. The molecule has 0 aliphatic rings. The molecule has 0 fully saturated rings. The largest absolute Gasteiger partial charge is 0.473 e. The molecule has 0 aliphatic heterocycles. The molecule has 0 bridgehead atoms. The van der Waals surface area contributed by atoms with Crippen LogP contribution in [0.1, 0.15) is 36.2 Å². The molecular formula is C28H29FN4O2. The molecule has 1 aromatic carbocycles. The molecule has 0 spiro atoms. The summed E-state index contributed by atoms with van der Waals surface area (Å²) in [5, 5.41) is 6.88. The molecule has 0 amide bonds. The molecule has 3 heterocycles. The lowest BCUT2D eigenvalue weighted by Crippen LogP contribution is -2.02. The average molecular weight is 473 g/mol. The number of rotatable bonds is 7. The maximum atomic E-state index is 13.0. The van der Waals surface area contributed by atoms with Crippen molar-refractivity contribution in [3.05, 3.63) is 106 Å². The van der Waals surface area contributed by atoms with Gasteiger partial charge in [0, 0.05) is 17.8 Å². The van der Waals surface area contributed by atoms with Crippen LogP contribution in [0, 0.1) is 13.8 Å². The highest BCUT2D eigenvalue weighted by Gasteiger charge is 2.11. The van der Waals surface area contributed by atoms with Gasteiger partial charge in [0.15, 0.2) is 0 Å². The predicted octanol–water partition coefficient (Wildman–Crippen LogP) is 6.55. The number of ether oxygens (including phenoxy) is 1. The van der Waals surface area contributed by atoms with E-state index in [1.54, 1.807) is 24.5 Å². The molecule has 0 saturated heterocycles. The Morgan fingerprint density at radius 3 is 2.51 bits per heavy atom. The Labute approximate surface area is 204 Å². The van der Waals surface area contributed by atoms with E-state index in [1.165, 1.54) is 12.1 Å². The highest BCUT2D eigenvalue weighted by Crippen LogP contribution is 2.28. The van der Waals surface area contributed by atoms with Crippen LogP contribution in [0.2, 0.25) is 0 Å². The van der Waals surface area contributed by atoms with E-state index in [2.05, 4.69) is 21.8 Å². The fraction of sp³-hybridized carbons (Fsp3) is 0.179. The highest BCUT2D eigenvalue weighted by atomic mass is 19.1. The van der Waals surface area contributed by atoms with Crippen LogP contribution in [0.3, 0.4) is 0 Å². The van der Waals surface area contributed by atoms with Crippen LogP contribution in [0.25, 0.3) is 28.5 Å². The lowest BCUT2D eigenvalue weighted by atomic mass is 10.0. The predicted molar refractivity (Wildman–Crippen MR) is 139 cm³/mol. The van der Waals surface area contributed by atoms with Crippen LogP contribution >= 0.6 is 0 Å². The topological polar surface area (TPSA) is 83.7 Å². The van der Waals surface area contributed by atoms with E-state index < -0.39 is 5.83 Å². The van der Waals surface area contributed by atoms with Crippen molar-refractivity contribution in [2.45, 2.75) is 34.3 Å². The number of H-pyrrole nitrogens is 2. The molecule has 7 heteroatoms. The first kappa shape index (κ1) is 25.4. The summed E-state index contributed by atoms with van der Waals surface area (Å²) in [4.78, 5) is 18.9. The number of benzene rings is 1. The summed E-state index contributed by atoms with van der Waals surface area (Å²) in [6.45, 7) is 11.5. The highest BCUT2D eigenvalue weighted by molar-refractivity contribution is 5.68. The number of nitrogens with one attached hydrogen (secondary N) is 2. The molecule has 0 atom stereocenters. The summed E-state index contributed by atoms with van der Waals surface area (Å²) in [5.74, 6) is -0.0197. The second-order valence-electron chi connectivity index (χ2n) is 7.68. The minimum absolute atomic E-state index is 0.191. The van der Waals surface area contributed by atoms with Crippen molar-refractivity contribution in [2.75, 3.05) is 0 Å². The summed E-state index contributed by atoms with van der Waals surface area (Å²) in [6, 6.07) is 13.2. The van der Waals surface area contributed by atoms with Crippen molar-refractivity contribution in [3.63, 3.8) is 0 Å². The van der Waals surface area contributed by atoms with Gasteiger partial charge in [0.05, 0.1) is 23.1 Å². The number of hydrogen-bond donors (Lipinski definition) is 2. The molecule has 0 saturated carbocycles. The third-order valence-corrected chi connectivity index (χ3v) is 5.17. The third kappa shape index (κ3) is 6.41. The van der Waals surface area contributed by atoms with E-state index in [9.17, 15) is 9.18 Å². The SMILES string of the molecule is C=C(F)/C=C\c1nc(-c2ccc(COc3[nH]ncc3-c3cc[nH]c(=O)c3)cc2)c(C)cc1C.CC. The Bertz CT molecular complexity index is 1380. The normalized spacial score (nSPS) is 10.7. The number of allylic oxidation sites excluding steroid dienone is 2. The van der Waals surface area contributed by atoms with E-state index in [1.807, 2.05) is 58.0 Å². The Hall–Kier alpha value is -4.26. The van der Waals surface area contributed by atoms with E-state index in [0.29, 0.717) is 23.7 Å². The van der Waals surface area contributed by atoms with Crippen molar-refractivity contribution in [1.82, 2.24) is 20.2 Å².